The summed E-state index contributed by atoms with van der Waals surface area (Å²) in [6.07, 6.45) is 0. The Balaban J connectivity index is 1.77. The third-order valence-corrected chi connectivity index (χ3v) is 3.76. The Morgan fingerprint density at radius 2 is 1.82 bits per heavy atom. The largest absolute Gasteiger partial charge is 0.275 e. The van der Waals surface area contributed by atoms with E-state index in [1.165, 1.54) is 18.2 Å². The van der Waals surface area contributed by atoms with Crippen LogP contribution in [0.2, 0.25) is 0 Å². The Bertz CT molecular complexity index is 845. The number of rotatable bonds is 3. The number of amides is 1. The van der Waals surface area contributed by atoms with Crippen LogP contribution in [-0.4, -0.2) is 10.9 Å². The van der Waals surface area contributed by atoms with Gasteiger partial charge in [0.1, 0.15) is 23.0 Å². The number of thiazole rings is 1. The Kier molecular flexibility index (Phi) is 3.68. The third kappa shape index (κ3) is 2.73. The summed E-state index contributed by atoms with van der Waals surface area (Å²) in [6, 6.07) is 7.19. The van der Waals surface area contributed by atoms with Gasteiger partial charge in [-0.3, -0.25) is 15.6 Å². The quantitative estimate of drug-likeness (QED) is 0.726. The maximum atomic E-state index is 13.5. The van der Waals surface area contributed by atoms with Crippen molar-refractivity contribution in [1.29, 1.82) is 0 Å². The maximum absolute atomic E-state index is 13.5. The summed E-state index contributed by atoms with van der Waals surface area (Å²) in [7, 11) is 0. The lowest BCUT2D eigenvalue weighted by molar-refractivity contribution is 0.0954. The lowest BCUT2D eigenvalue weighted by atomic mass is 10.2. The minimum Gasteiger partial charge on any atom is -0.273 e. The molecule has 1 amide bonds. The summed E-state index contributed by atoms with van der Waals surface area (Å²) in [5.74, 6) is -3.31. The molecule has 0 unspecified atom stereocenters. The predicted octanol–water partition coefficient (Wildman–Crippen LogP) is 3.47. The van der Waals surface area contributed by atoms with Gasteiger partial charge in [0.25, 0.3) is 5.91 Å². The second-order valence-electron chi connectivity index (χ2n) is 4.31. The molecule has 0 aliphatic carbocycles. The van der Waals surface area contributed by atoms with Crippen LogP contribution in [0.15, 0.2) is 36.4 Å². The van der Waals surface area contributed by atoms with Crippen molar-refractivity contribution in [1.82, 2.24) is 10.4 Å². The number of hydrogen-bond donors (Lipinski definition) is 2. The molecule has 4 nitrogen and oxygen atoms in total. The summed E-state index contributed by atoms with van der Waals surface area (Å²) in [6.45, 7) is 0. The lowest BCUT2D eigenvalue weighted by Gasteiger charge is -2.06. The molecule has 0 bridgehead atoms. The Hall–Kier alpha value is -2.61. The van der Waals surface area contributed by atoms with E-state index in [9.17, 15) is 18.0 Å². The van der Waals surface area contributed by atoms with Gasteiger partial charge in [-0.15, -0.1) is 0 Å². The van der Waals surface area contributed by atoms with Crippen LogP contribution >= 0.6 is 11.3 Å². The van der Waals surface area contributed by atoms with Crippen LogP contribution in [0, 0.1) is 17.5 Å². The van der Waals surface area contributed by atoms with E-state index < -0.39 is 28.9 Å². The minimum atomic E-state index is -0.971. The van der Waals surface area contributed by atoms with Gasteiger partial charge in [-0.25, -0.2) is 18.2 Å². The van der Waals surface area contributed by atoms with E-state index >= 15 is 0 Å². The first-order valence-corrected chi connectivity index (χ1v) is 6.93. The van der Waals surface area contributed by atoms with E-state index in [-0.39, 0.29) is 5.13 Å². The van der Waals surface area contributed by atoms with Crippen LogP contribution < -0.4 is 10.9 Å². The number of aromatic nitrogens is 1. The summed E-state index contributed by atoms with van der Waals surface area (Å²) in [5, 5.41) is 0.269. The number of halogens is 3. The van der Waals surface area contributed by atoms with Gasteiger partial charge in [0.05, 0.1) is 10.2 Å². The number of carbonyl (C=O) groups is 1. The topological polar surface area (TPSA) is 54.0 Å². The lowest BCUT2D eigenvalue weighted by Crippen LogP contribution is -2.30. The third-order valence-electron chi connectivity index (χ3n) is 2.82. The average Bonchev–Trinajstić information content (AvgIpc) is 2.87. The fraction of sp³-hybridized carbons (Fsp3) is 0. The Labute approximate surface area is 126 Å². The zero-order chi connectivity index (χ0) is 15.7. The number of benzene rings is 2. The zero-order valence-electron chi connectivity index (χ0n) is 10.9. The van der Waals surface area contributed by atoms with Gasteiger partial charge in [0.15, 0.2) is 0 Å². The van der Waals surface area contributed by atoms with Crippen molar-refractivity contribution in [3.05, 3.63) is 59.4 Å². The van der Waals surface area contributed by atoms with Gasteiger partial charge in [0, 0.05) is 0 Å². The van der Waals surface area contributed by atoms with Gasteiger partial charge < -0.3 is 0 Å². The first-order chi connectivity index (χ1) is 10.5. The molecule has 0 fully saturated rings. The summed E-state index contributed by atoms with van der Waals surface area (Å²) < 4.78 is 40.6. The summed E-state index contributed by atoms with van der Waals surface area (Å²) >= 11 is 1.09. The molecule has 0 saturated carbocycles. The molecule has 0 aliphatic rings. The van der Waals surface area contributed by atoms with Gasteiger partial charge in [-0.1, -0.05) is 17.4 Å². The molecule has 1 heterocycles. The molecule has 0 radical (unpaired) electrons. The molecule has 0 atom stereocenters. The molecule has 2 aromatic carbocycles. The molecule has 22 heavy (non-hydrogen) atoms. The zero-order valence-corrected chi connectivity index (χ0v) is 11.7. The van der Waals surface area contributed by atoms with Crippen LogP contribution in [0.3, 0.4) is 0 Å². The van der Waals surface area contributed by atoms with Gasteiger partial charge >= 0.3 is 0 Å². The molecule has 8 heteroatoms. The molecule has 0 spiro atoms. The molecule has 112 valence electrons. The predicted molar refractivity (Wildman–Crippen MR) is 77.0 cm³/mol. The first-order valence-electron chi connectivity index (χ1n) is 6.11. The summed E-state index contributed by atoms with van der Waals surface area (Å²) in [5.41, 5.74) is 4.47. The highest BCUT2D eigenvalue weighted by atomic mass is 32.1. The molecule has 2 N–H and O–H groups in total. The van der Waals surface area contributed by atoms with E-state index in [0.717, 1.165) is 29.5 Å². The smallest absolute Gasteiger partial charge is 0.273 e. The SMILES string of the molecule is O=C(NNc1nc2ccc(F)cc2s1)c1c(F)cccc1F. The molecular formula is C14H8F3N3OS. The summed E-state index contributed by atoms with van der Waals surface area (Å²) in [4.78, 5) is 15.9. The van der Waals surface area contributed by atoms with E-state index in [0.29, 0.717) is 10.2 Å². The van der Waals surface area contributed by atoms with Crippen LogP contribution in [0.5, 0.6) is 0 Å². The Morgan fingerprint density at radius 3 is 2.55 bits per heavy atom. The van der Waals surface area contributed by atoms with Crippen LogP contribution in [0.1, 0.15) is 10.4 Å². The van der Waals surface area contributed by atoms with E-state index in [4.69, 9.17) is 0 Å². The second kappa shape index (κ2) is 5.64. The molecule has 1 aromatic heterocycles. The Morgan fingerprint density at radius 1 is 1.09 bits per heavy atom. The van der Waals surface area contributed by atoms with E-state index in [1.807, 2.05) is 0 Å². The standard InChI is InChI=1S/C14H8F3N3OS/c15-7-4-5-10-11(6-7)22-14(18-10)20-19-13(21)12-8(16)2-1-3-9(12)17/h1-6H,(H,18,20)(H,19,21). The molecular weight excluding hydrogens is 315 g/mol. The van der Waals surface area contributed by atoms with Crippen LogP contribution in [0.4, 0.5) is 18.3 Å². The maximum Gasteiger partial charge on any atom is 0.275 e. The number of nitrogens with one attached hydrogen (secondary N) is 2. The molecule has 3 rings (SSSR count). The van der Waals surface area contributed by atoms with Crippen molar-refractivity contribution in [2.75, 3.05) is 5.43 Å². The van der Waals surface area contributed by atoms with Crippen molar-refractivity contribution >= 4 is 32.6 Å². The van der Waals surface area contributed by atoms with E-state index in [1.54, 1.807) is 0 Å². The normalized spacial score (nSPS) is 10.7. The number of fused-ring (bicyclic) bond motifs is 1. The second-order valence-corrected chi connectivity index (χ2v) is 5.34. The average molecular weight is 323 g/mol. The minimum absolute atomic E-state index is 0.269. The first kappa shape index (κ1) is 14.3. The van der Waals surface area contributed by atoms with Crippen LogP contribution in [0.25, 0.3) is 10.2 Å². The van der Waals surface area contributed by atoms with E-state index in [2.05, 4.69) is 15.8 Å². The number of anilines is 1. The van der Waals surface area contributed by atoms with Crippen molar-refractivity contribution in [3.8, 4) is 0 Å². The molecule has 0 aliphatic heterocycles. The highest BCUT2D eigenvalue weighted by Crippen LogP contribution is 2.26. The number of carbonyl (C=O) groups excluding carboxylic acids is 1. The van der Waals surface area contributed by atoms with Gasteiger partial charge in [-0.2, -0.15) is 0 Å². The fourth-order valence-electron chi connectivity index (χ4n) is 1.84. The van der Waals surface area contributed by atoms with Crippen molar-refractivity contribution < 1.29 is 18.0 Å². The van der Waals surface area contributed by atoms with Gasteiger partial charge in [0.2, 0.25) is 5.13 Å². The van der Waals surface area contributed by atoms with Gasteiger partial charge in [-0.05, 0) is 30.3 Å². The highest BCUT2D eigenvalue weighted by Gasteiger charge is 2.17. The van der Waals surface area contributed by atoms with Crippen molar-refractivity contribution in [3.63, 3.8) is 0 Å². The molecule has 3 aromatic rings. The van der Waals surface area contributed by atoms with Crippen molar-refractivity contribution in [2.24, 2.45) is 0 Å². The number of hydrogen-bond acceptors (Lipinski definition) is 4. The van der Waals surface area contributed by atoms with Crippen molar-refractivity contribution in [2.45, 2.75) is 0 Å². The number of hydrazine groups is 1. The monoisotopic (exact) mass is 323 g/mol. The highest BCUT2D eigenvalue weighted by molar-refractivity contribution is 7.22. The molecule has 0 saturated heterocycles. The van der Waals surface area contributed by atoms with Crippen LogP contribution in [-0.2, 0) is 0 Å². The fourth-order valence-corrected chi connectivity index (χ4v) is 2.68. The number of nitrogens with zero attached hydrogens (tertiary/aromatic N) is 1.